The van der Waals surface area contributed by atoms with E-state index in [0.717, 1.165) is 16.7 Å². The minimum atomic E-state index is 0.591. The van der Waals surface area contributed by atoms with Crippen molar-refractivity contribution in [1.82, 2.24) is 0 Å². The lowest BCUT2D eigenvalue weighted by atomic mass is 10.1. The van der Waals surface area contributed by atoms with Gasteiger partial charge in [-0.05, 0) is 42.2 Å². The fourth-order valence-electron chi connectivity index (χ4n) is 1.74. The van der Waals surface area contributed by atoms with E-state index in [1.54, 1.807) is 0 Å². The summed E-state index contributed by atoms with van der Waals surface area (Å²) in [7, 11) is 0. The molecule has 0 fully saturated rings. The Bertz CT molecular complexity index is 518. The van der Waals surface area contributed by atoms with Gasteiger partial charge in [-0.1, -0.05) is 30.3 Å². The Morgan fingerprint density at radius 2 is 1.40 bits per heavy atom. The summed E-state index contributed by atoms with van der Waals surface area (Å²) >= 11 is 0. The van der Waals surface area contributed by atoms with Crippen LogP contribution in [0.4, 0.5) is 11.4 Å². The third kappa shape index (κ3) is 4.26. The summed E-state index contributed by atoms with van der Waals surface area (Å²) in [6.07, 6.45) is 0. The van der Waals surface area contributed by atoms with Gasteiger partial charge in [0.2, 0.25) is 0 Å². The van der Waals surface area contributed by atoms with Gasteiger partial charge in [0.25, 0.3) is 0 Å². The largest absolute Gasteiger partial charge is 0.397 e. The molecule has 0 aliphatic rings. The third-order valence-corrected chi connectivity index (χ3v) is 3.28. The van der Waals surface area contributed by atoms with Gasteiger partial charge >= 0.3 is 0 Å². The van der Waals surface area contributed by atoms with Crippen LogP contribution >= 0.6 is 0 Å². The highest BCUT2D eigenvalue weighted by molar-refractivity contribution is 5.68. The lowest BCUT2D eigenvalue weighted by Crippen LogP contribution is -2.00. The summed E-state index contributed by atoms with van der Waals surface area (Å²) in [4.78, 5) is 0. The Kier molecular flexibility index (Phi) is 6.03. The Labute approximate surface area is 120 Å². The number of nitrogens with two attached hydrogens (primary N) is 4. The van der Waals surface area contributed by atoms with Crippen LogP contribution in [-0.2, 0) is 13.1 Å². The van der Waals surface area contributed by atoms with Gasteiger partial charge in [0.15, 0.2) is 0 Å². The molecule has 0 aliphatic heterocycles. The van der Waals surface area contributed by atoms with Crippen LogP contribution in [0.1, 0.15) is 22.3 Å². The van der Waals surface area contributed by atoms with Crippen LogP contribution < -0.4 is 22.9 Å². The van der Waals surface area contributed by atoms with Crippen LogP contribution in [0.5, 0.6) is 0 Å². The zero-order chi connectivity index (χ0) is 15.1. The van der Waals surface area contributed by atoms with Gasteiger partial charge in [-0.15, -0.1) is 0 Å². The van der Waals surface area contributed by atoms with Gasteiger partial charge in [0.05, 0.1) is 11.4 Å². The first kappa shape index (κ1) is 16.0. The van der Waals surface area contributed by atoms with Crippen LogP contribution in [0.15, 0.2) is 36.4 Å². The van der Waals surface area contributed by atoms with Crippen molar-refractivity contribution in [2.24, 2.45) is 11.5 Å². The highest BCUT2D eigenvalue weighted by atomic mass is 14.7. The van der Waals surface area contributed by atoms with Crippen molar-refractivity contribution >= 4 is 11.4 Å². The minimum Gasteiger partial charge on any atom is -0.397 e. The van der Waals surface area contributed by atoms with E-state index in [-0.39, 0.29) is 0 Å². The smallest absolute Gasteiger partial charge is 0.0580 e. The predicted octanol–water partition coefficient (Wildman–Crippen LogP) is 2.07. The molecule has 4 heteroatoms. The summed E-state index contributed by atoms with van der Waals surface area (Å²) in [5.74, 6) is 0. The molecule has 0 saturated heterocycles. The molecule has 108 valence electrons. The Balaban J connectivity index is 0.000000200. The molecule has 2 aromatic carbocycles. The maximum Gasteiger partial charge on any atom is 0.0580 e. The van der Waals surface area contributed by atoms with Crippen LogP contribution in [0.2, 0.25) is 0 Å². The molecule has 0 aromatic heterocycles. The van der Waals surface area contributed by atoms with Crippen molar-refractivity contribution < 1.29 is 0 Å². The second kappa shape index (κ2) is 7.53. The molecule has 0 bridgehead atoms. The number of aryl methyl sites for hydroxylation is 1. The maximum atomic E-state index is 5.66. The van der Waals surface area contributed by atoms with E-state index in [1.807, 2.05) is 50.2 Å². The van der Waals surface area contributed by atoms with Crippen LogP contribution in [0, 0.1) is 13.8 Å². The Morgan fingerprint density at radius 1 is 0.850 bits per heavy atom. The summed E-state index contributed by atoms with van der Waals surface area (Å²) in [6.45, 7) is 5.17. The van der Waals surface area contributed by atoms with Crippen LogP contribution in [0.25, 0.3) is 0 Å². The van der Waals surface area contributed by atoms with Gasteiger partial charge in [0.1, 0.15) is 0 Å². The van der Waals surface area contributed by atoms with E-state index >= 15 is 0 Å². The molecule has 0 unspecified atom stereocenters. The average molecular weight is 272 g/mol. The molecule has 4 nitrogen and oxygen atoms in total. The zero-order valence-corrected chi connectivity index (χ0v) is 12.2. The molecule has 0 radical (unpaired) electrons. The number of hydrogen-bond acceptors (Lipinski definition) is 4. The molecule has 2 rings (SSSR count). The molecule has 0 atom stereocenters. The molecule has 0 heterocycles. The molecular formula is C16H24N4. The van der Waals surface area contributed by atoms with Crippen molar-refractivity contribution in [1.29, 1.82) is 0 Å². The summed E-state index contributed by atoms with van der Waals surface area (Å²) in [5, 5.41) is 0. The van der Waals surface area contributed by atoms with Gasteiger partial charge in [-0.3, -0.25) is 0 Å². The number of benzene rings is 2. The second-order valence-corrected chi connectivity index (χ2v) is 4.74. The molecule has 0 saturated carbocycles. The molecule has 0 spiro atoms. The van der Waals surface area contributed by atoms with Gasteiger partial charge in [-0.25, -0.2) is 0 Å². The standard InChI is InChI=1S/2C8H12N2/c1-5-3-4-7(9)8(10)6(5)2;9-5-7-2-1-3-8(4-7)6-10/h3-4H,9-10H2,1-2H3;1-4H,5-6,9-10H2. The molecular weight excluding hydrogens is 248 g/mol. The maximum absolute atomic E-state index is 5.66. The van der Waals surface area contributed by atoms with Crippen molar-refractivity contribution in [3.05, 3.63) is 58.7 Å². The van der Waals surface area contributed by atoms with E-state index in [2.05, 4.69) is 0 Å². The Morgan fingerprint density at radius 3 is 1.85 bits per heavy atom. The summed E-state index contributed by atoms with van der Waals surface area (Å²) < 4.78 is 0. The van der Waals surface area contributed by atoms with Crippen LogP contribution in [-0.4, -0.2) is 0 Å². The zero-order valence-electron chi connectivity index (χ0n) is 12.2. The topological polar surface area (TPSA) is 104 Å². The van der Waals surface area contributed by atoms with Gasteiger partial charge in [0, 0.05) is 13.1 Å². The first-order valence-electron chi connectivity index (χ1n) is 6.58. The predicted molar refractivity (Wildman–Crippen MR) is 87.0 cm³/mol. The number of nitrogen functional groups attached to an aromatic ring is 2. The molecule has 0 amide bonds. The van der Waals surface area contributed by atoms with E-state index < -0.39 is 0 Å². The minimum absolute atomic E-state index is 0.591. The Hall–Kier alpha value is -2.04. The van der Waals surface area contributed by atoms with Crippen molar-refractivity contribution in [2.45, 2.75) is 26.9 Å². The second-order valence-electron chi connectivity index (χ2n) is 4.74. The van der Waals surface area contributed by atoms with Crippen molar-refractivity contribution in [3.8, 4) is 0 Å². The van der Waals surface area contributed by atoms with Crippen molar-refractivity contribution in [2.75, 3.05) is 11.5 Å². The fraction of sp³-hybridized carbons (Fsp3) is 0.250. The fourth-order valence-corrected chi connectivity index (χ4v) is 1.74. The first-order chi connectivity index (χ1) is 9.49. The lowest BCUT2D eigenvalue weighted by Gasteiger charge is -2.05. The van der Waals surface area contributed by atoms with Crippen molar-refractivity contribution in [3.63, 3.8) is 0 Å². The van der Waals surface area contributed by atoms with Crippen LogP contribution in [0.3, 0.4) is 0 Å². The molecule has 0 aliphatic carbocycles. The summed E-state index contributed by atoms with van der Waals surface area (Å²) in [6, 6.07) is 11.8. The first-order valence-corrected chi connectivity index (χ1v) is 6.58. The van der Waals surface area contributed by atoms with Gasteiger partial charge < -0.3 is 22.9 Å². The number of rotatable bonds is 2. The normalized spacial score (nSPS) is 9.80. The highest BCUT2D eigenvalue weighted by Crippen LogP contribution is 2.21. The van der Waals surface area contributed by atoms with E-state index in [4.69, 9.17) is 22.9 Å². The van der Waals surface area contributed by atoms with E-state index in [0.29, 0.717) is 24.5 Å². The van der Waals surface area contributed by atoms with Gasteiger partial charge in [-0.2, -0.15) is 0 Å². The SMILES string of the molecule is Cc1ccc(N)c(N)c1C.NCc1cccc(CN)c1. The van der Waals surface area contributed by atoms with E-state index in [1.165, 1.54) is 5.56 Å². The highest BCUT2D eigenvalue weighted by Gasteiger charge is 1.99. The summed E-state index contributed by atoms with van der Waals surface area (Å²) in [5.41, 5.74) is 28.0. The number of anilines is 2. The molecule has 20 heavy (non-hydrogen) atoms. The number of hydrogen-bond donors (Lipinski definition) is 4. The average Bonchev–Trinajstić information content (AvgIpc) is 2.49. The third-order valence-electron chi connectivity index (χ3n) is 3.28. The van der Waals surface area contributed by atoms with E-state index in [9.17, 15) is 0 Å². The quantitative estimate of drug-likeness (QED) is 0.628. The monoisotopic (exact) mass is 272 g/mol. The molecule has 2 aromatic rings. The lowest BCUT2D eigenvalue weighted by molar-refractivity contribution is 1.03. The molecule has 8 N–H and O–H groups in total.